The van der Waals surface area contributed by atoms with Crippen LogP contribution in [-0.4, -0.2) is 30.3 Å². The molecule has 0 fully saturated rings. The van der Waals surface area contributed by atoms with E-state index < -0.39 is 0 Å². The third-order valence-electron chi connectivity index (χ3n) is 3.23. The fourth-order valence-corrected chi connectivity index (χ4v) is 2.17. The molecule has 1 heterocycles. The molecule has 2 atom stereocenters. The predicted molar refractivity (Wildman–Crippen MR) is 73.3 cm³/mol. The van der Waals surface area contributed by atoms with Gasteiger partial charge in [-0.3, -0.25) is 4.79 Å². The van der Waals surface area contributed by atoms with Crippen molar-refractivity contribution in [3.05, 3.63) is 23.8 Å². The standard InChI is InChI=1S/C14H20N2O3/c1-9(5-6-17)15-10(2)11-3-4-13-12(7-11)16-14(18)8-19-13/h3-4,7,9-10,15,17H,5-6,8H2,1-2H3,(H,16,18). The number of fused-ring (bicyclic) bond motifs is 1. The second-order valence-corrected chi connectivity index (χ2v) is 4.89. The molecule has 0 aromatic heterocycles. The normalized spacial score (nSPS) is 17.1. The molecule has 1 aromatic carbocycles. The van der Waals surface area contributed by atoms with Gasteiger partial charge in [-0.15, -0.1) is 0 Å². The summed E-state index contributed by atoms with van der Waals surface area (Å²) in [6, 6.07) is 6.17. The molecule has 0 saturated carbocycles. The number of ether oxygens (including phenoxy) is 1. The summed E-state index contributed by atoms with van der Waals surface area (Å²) in [7, 11) is 0. The Morgan fingerprint density at radius 3 is 3.00 bits per heavy atom. The number of aliphatic hydroxyl groups is 1. The van der Waals surface area contributed by atoms with E-state index in [1.54, 1.807) is 0 Å². The van der Waals surface area contributed by atoms with Crippen LogP contribution in [0.5, 0.6) is 5.75 Å². The lowest BCUT2D eigenvalue weighted by molar-refractivity contribution is -0.118. The molecule has 0 radical (unpaired) electrons. The topological polar surface area (TPSA) is 70.6 Å². The molecule has 1 aromatic rings. The van der Waals surface area contributed by atoms with Crippen LogP contribution < -0.4 is 15.4 Å². The highest BCUT2D eigenvalue weighted by Gasteiger charge is 2.17. The van der Waals surface area contributed by atoms with Gasteiger partial charge in [-0.1, -0.05) is 6.07 Å². The minimum Gasteiger partial charge on any atom is -0.482 e. The van der Waals surface area contributed by atoms with Gasteiger partial charge in [0, 0.05) is 18.7 Å². The van der Waals surface area contributed by atoms with Crippen molar-refractivity contribution in [2.24, 2.45) is 0 Å². The van der Waals surface area contributed by atoms with E-state index in [0.717, 1.165) is 17.7 Å². The number of anilines is 1. The quantitative estimate of drug-likeness (QED) is 0.752. The average Bonchev–Trinajstić information content (AvgIpc) is 2.38. The van der Waals surface area contributed by atoms with Crippen LogP contribution >= 0.6 is 0 Å². The maximum Gasteiger partial charge on any atom is 0.262 e. The summed E-state index contributed by atoms with van der Waals surface area (Å²) in [5.74, 6) is 0.581. The second kappa shape index (κ2) is 6.04. The van der Waals surface area contributed by atoms with E-state index in [4.69, 9.17) is 9.84 Å². The summed E-state index contributed by atoms with van der Waals surface area (Å²) in [5.41, 5.74) is 1.80. The van der Waals surface area contributed by atoms with Crippen molar-refractivity contribution in [1.29, 1.82) is 0 Å². The molecular weight excluding hydrogens is 244 g/mol. The van der Waals surface area contributed by atoms with Gasteiger partial charge in [0.25, 0.3) is 5.91 Å². The van der Waals surface area contributed by atoms with Crippen molar-refractivity contribution >= 4 is 11.6 Å². The van der Waals surface area contributed by atoms with E-state index in [-0.39, 0.29) is 31.2 Å². The fourth-order valence-electron chi connectivity index (χ4n) is 2.17. The lowest BCUT2D eigenvalue weighted by Gasteiger charge is -2.23. The van der Waals surface area contributed by atoms with Gasteiger partial charge < -0.3 is 20.5 Å². The Balaban J connectivity index is 2.08. The predicted octanol–water partition coefficient (Wildman–Crippen LogP) is 1.44. The van der Waals surface area contributed by atoms with E-state index in [2.05, 4.69) is 17.6 Å². The Morgan fingerprint density at radius 2 is 2.26 bits per heavy atom. The van der Waals surface area contributed by atoms with E-state index in [1.807, 2.05) is 25.1 Å². The van der Waals surface area contributed by atoms with E-state index in [9.17, 15) is 4.79 Å². The van der Waals surface area contributed by atoms with Crippen LogP contribution in [0.3, 0.4) is 0 Å². The molecule has 5 heteroatoms. The van der Waals surface area contributed by atoms with Gasteiger partial charge in [0.1, 0.15) is 5.75 Å². The molecular formula is C14H20N2O3. The molecule has 0 bridgehead atoms. The maximum atomic E-state index is 11.3. The van der Waals surface area contributed by atoms with Gasteiger partial charge in [0.05, 0.1) is 5.69 Å². The van der Waals surface area contributed by atoms with Gasteiger partial charge in [-0.25, -0.2) is 0 Å². The Bertz CT molecular complexity index is 462. The van der Waals surface area contributed by atoms with Crippen molar-refractivity contribution < 1.29 is 14.6 Å². The number of amides is 1. The molecule has 2 unspecified atom stereocenters. The third kappa shape index (κ3) is 3.45. The van der Waals surface area contributed by atoms with Crippen molar-refractivity contribution in [3.63, 3.8) is 0 Å². The maximum absolute atomic E-state index is 11.3. The van der Waals surface area contributed by atoms with E-state index >= 15 is 0 Å². The number of benzene rings is 1. The van der Waals surface area contributed by atoms with Crippen molar-refractivity contribution in [2.45, 2.75) is 32.4 Å². The van der Waals surface area contributed by atoms with Gasteiger partial charge in [-0.2, -0.15) is 0 Å². The molecule has 1 aliphatic heterocycles. The highest BCUT2D eigenvalue weighted by molar-refractivity contribution is 5.95. The zero-order valence-corrected chi connectivity index (χ0v) is 11.3. The Labute approximate surface area is 113 Å². The third-order valence-corrected chi connectivity index (χ3v) is 3.23. The Morgan fingerprint density at radius 1 is 1.47 bits per heavy atom. The Kier molecular flexibility index (Phi) is 4.39. The van der Waals surface area contributed by atoms with Crippen LogP contribution in [0.2, 0.25) is 0 Å². The molecule has 2 rings (SSSR count). The summed E-state index contributed by atoms with van der Waals surface area (Å²) in [6.45, 7) is 4.35. The number of rotatable bonds is 5. The van der Waals surface area contributed by atoms with Crippen molar-refractivity contribution in [3.8, 4) is 5.75 Å². The first-order valence-corrected chi connectivity index (χ1v) is 6.53. The summed E-state index contributed by atoms with van der Waals surface area (Å²) in [6.07, 6.45) is 0.717. The molecule has 0 spiro atoms. The Hall–Kier alpha value is -1.59. The van der Waals surface area contributed by atoms with Gasteiger partial charge >= 0.3 is 0 Å². The number of nitrogens with one attached hydrogen (secondary N) is 2. The first-order valence-electron chi connectivity index (χ1n) is 6.53. The number of aliphatic hydroxyl groups excluding tert-OH is 1. The van der Waals surface area contributed by atoms with E-state index in [0.29, 0.717) is 5.75 Å². The summed E-state index contributed by atoms with van der Waals surface area (Å²) in [4.78, 5) is 11.3. The molecule has 3 N–H and O–H groups in total. The fraction of sp³-hybridized carbons (Fsp3) is 0.500. The van der Waals surface area contributed by atoms with Gasteiger partial charge in [0.2, 0.25) is 0 Å². The highest BCUT2D eigenvalue weighted by atomic mass is 16.5. The average molecular weight is 264 g/mol. The summed E-state index contributed by atoms with van der Waals surface area (Å²) < 4.78 is 5.32. The summed E-state index contributed by atoms with van der Waals surface area (Å²) >= 11 is 0. The van der Waals surface area contributed by atoms with Crippen LogP contribution in [-0.2, 0) is 4.79 Å². The van der Waals surface area contributed by atoms with Crippen molar-refractivity contribution in [1.82, 2.24) is 5.32 Å². The van der Waals surface area contributed by atoms with E-state index in [1.165, 1.54) is 0 Å². The lowest BCUT2D eigenvalue weighted by Crippen LogP contribution is -2.30. The first kappa shape index (κ1) is 13.8. The zero-order valence-electron chi connectivity index (χ0n) is 11.3. The molecule has 104 valence electrons. The number of hydrogen-bond donors (Lipinski definition) is 3. The van der Waals surface area contributed by atoms with Gasteiger partial charge in [-0.05, 0) is 38.0 Å². The number of carbonyl (C=O) groups excluding carboxylic acids is 1. The molecule has 5 nitrogen and oxygen atoms in total. The lowest BCUT2D eigenvalue weighted by atomic mass is 10.1. The first-order chi connectivity index (χ1) is 9.10. The minimum atomic E-state index is -0.126. The largest absolute Gasteiger partial charge is 0.482 e. The molecule has 1 amide bonds. The SMILES string of the molecule is CC(CCO)NC(C)c1ccc2c(c1)NC(=O)CO2. The van der Waals surface area contributed by atoms with Crippen LogP contribution in [0.15, 0.2) is 18.2 Å². The molecule has 0 aliphatic carbocycles. The minimum absolute atomic E-state index is 0.0771. The monoisotopic (exact) mass is 264 g/mol. The van der Waals surface area contributed by atoms with Crippen LogP contribution in [0, 0.1) is 0 Å². The van der Waals surface area contributed by atoms with Crippen LogP contribution in [0.4, 0.5) is 5.69 Å². The highest BCUT2D eigenvalue weighted by Crippen LogP contribution is 2.30. The molecule has 19 heavy (non-hydrogen) atoms. The van der Waals surface area contributed by atoms with Crippen LogP contribution in [0.1, 0.15) is 31.9 Å². The smallest absolute Gasteiger partial charge is 0.262 e. The number of hydrogen-bond acceptors (Lipinski definition) is 4. The van der Waals surface area contributed by atoms with Crippen LogP contribution in [0.25, 0.3) is 0 Å². The van der Waals surface area contributed by atoms with Crippen molar-refractivity contribution in [2.75, 3.05) is 18.5 Å². The summed E-state index contributed by atoms with van der Waals surface area (Å²) in [5, 5.41) is 15.1. The zero-order chi connectivity index (χ0) is 13.8. The second-order valence-electron chi connectivity index (χ2n) is 4.89. The molecule has 0 saturated heterocycles. The van der Waals surface area contributed by atoms with Gasteiger partial charge in [0.15, 0.2) is 6.61 Å². The number of carbonyl (C=O) groups is 1. The molecule has 1 aliphatic rings.